The molecule has 6 rings (SSSR count). The third kappa shape index (κ3) is 3.25. The summed E-state index contributed by atoms with van der Waals surface area (Å²) in [5.74, 6) is 0. The zero-order chi connectivity index (χ0) is 23.2. The minimum atomic E-state index is -0.176. The fraction of sp³-hybridized carbons (Fsp3) is 0.111. The number of pyridine rings is 1. The Hall–Kier alpha value is -4.36. The van der Waals surface area contributed by atoms with Crippen molar-refractivity contribution in [3.8, 4) is 16.9 Å². The summed E-state index contributed by atoms with van der Waals surface area (Å²) >= 11 is 0. The largest absolute Gasteiger partial charge is 0.342 e. The first-order valence-corrected chi connectivity index (χ1v) is 11.2. The van der Waals surface area contributed by atoms with Crippen LogP contribution < -0.4 is 21.4 Å². The Morgan fingerprint density at radius 1 is 0.941 bits per heavy atom. The van der Waals surface area contributed by atoms with E-state index in [4.69, 9.17) is 0 Å². The van der Waals surface area contributed by atoms with Crippen molar-refractivity contribution in [3.05, 3.63) is 117 Å². The Balaban J connectivity index is 1.49. The summed E-state index contributed by atoms with van der Waals surface area (Å²) in [7, 11) is 0. The van der Waals surface area contributed by atoms with Crippen molar-refractivity contribution in [1.82, 2.24) is 19.8 Å². The highest BCUT2D eigenvalue weighted by molar-refractivity contribution is 5.93. The molecule has 1 aromatic heterocycles. The summed E-state index contributed by atoms with van der Waals surface area (Å²) in [5.41, 5.74) is 8.70. The number of nitrogens with zero attached hydrogens (tertiary/aromatic N) is 3. The van der Waals surface area contributed by atoms with Crippen LogP contribution in [-0.4, -0.2) is 20.9 Å². The second kappa shape index (κ2) is 7.90. The van der Waals surface area contributed by atoms with Crippen molar-refractivity contribution in [2.24, 2.45) is 0 Å². The molecule has 0 atom stereocenters. The lowest BCUT2D eigenvalue weighted by molar-refractivity contribution is 0.799. The average molecular weight is 450 g/mol. The Morgan fingerprint density at radius 2 is 1.76 bits per heavy atom. The number of aryl methyl sites for hydroxylation is 1. The molecule has 168 valence electrons. The van der Waals surface area contributed by atoms with Gasteiger partial charge in [-0.25, -0.2) is 10.1 Å². The van der Waals surface area contributed by atoms with Gasteiger partial charge in [0.1, 0.15) is 0 Å². The number of aromatic nitrogens is 3. The molecule has 2 aliphatic heterocycles. The number of aromatic amines is 1. The first kappa shape index (κ1) is 20.3. The summed E-state index contributed by atoms with van der Waals surface area (Å²) < 4.78 is 3.51. The average Bonchev–Trinajstić information content (AvgIpc) is 3.49. The minimum absolute atomic E-state index is 0.114. The van der Waals surface area contributed by atoms with Gasteiger partial charge in [-0.15, -0.1) is 0 Å². The molecule has 1 aliphatic carbocycles. The Labute approximate surface area is 195 Å². The number of fused-ring (bicyclic) bond motifs is 3. The number of nitrogens with one attached hydrogen (secondary N) is 2. The van der Waals surface area contributed by atoms with Gasteiger partial charge in [0.05, 0.1) is 33.5 Å². The van der Waals surface area contributed by atoms with Crippen molar-refractivity contribution >= 4 is 16.6 Å². The maximum atomic E-state index is 13.4. The lowest BCUT2D eigenvalue weighted by atomic mass is 10.1. The van der Waals surface area contributed by atoms with E-state index in [1.165, 1.54) is 4.68 Å². The van der Waals surface area contributed by atoms with Gasteiger partial charge in [-0.2, -0.15) is 0 Å². The quantitative estimate of drug-likeness (QED) is 0.438. The van der Waals surface area contributed by atoms with Gasteiger partial charge in [-0.05, 0) is 48.4 Å². The topological polar surface area (TPSA) is 75.1 Å². The molecule has 3 heterocycles. The number of benzene rings is 3. The van der Waals surface area contributed by atoms with Crippen molar-refractivity contribution in [1.29, 1.82) is 0 Å². The van der Waals surface area contributed by atoms with E-state index in [-0.39, 0.29) is 11.0 Å². The van der Waals surface area contributed by atoms with E-state index in [9.17, 15) is 9.59 Å². The van der Waals surface area contributed by atoms with E-state index >= 15 is 0 Å². The third-order valence-corrected chi connectivity index (χ3v) is 6.33. The predicted octanol–water partition coefficient (Wildman–Crippen LogP) is 3.78. The molecule has 2 aromatic carbocycles. The predicted molar refractivity (Wildman–Crippen MR) is 135 cm³/mol. The summed E-state index contributed by atoms with van der Waals surface area (Å²) in [5, 5.41) is 5.68. The summed E-state index contributed by atoms with van der Waals surface area (Å²) in [6.07, 6.45) is 5.92. The third-order valence-electron chi connectivity index (χ3n) is 6.33. The molecule has 7 nitrogen and oxygen atoms in total. The standard InChI is InChI=1S/C27H23N5O2/c1-18-6-2-3-7-22(18)32-27(34)21-17-30(23-8-4-9-24(33)25(23)26(21)29-32)16-19-10-12-20(13-11-19)31-15-5-14-28-31/h2-13,15,17,28-29H,14,16H2,1H3. The molecule has 0 unspecified atom stereocenters. The van der Waals surface area contributed by atoms with Crippen molar-refractivity contribution in [3.63, 3.8) is 0 Å². The van der Waals surface area contributed by atoms with Gasteiger partial charge in [0.25, 0.3) is 5.56 Å². The molecule has 3 aromatic rings. The molecule has 0 saturated carbocycles. The van der Waals surface area contributed by atoms with E-state index in [1.807, 2.05) is 59.2 Å². The molecule has 0 bridgehead atoms. The van der Waals surface area contributed by atoms with E-state index in [1.54, 1.807) is 12.1 Å². The van der Waals surface area contributed by atoms with Crippen molar-refractivity contribution in [2.75, 3.05) is 11.6 Å². The van der Waals surface area contributed by atoms with Crippen LogP contribution in [0.3, 0.4) is 0 Å². The molecule has 0 amide bonds. The number of hydrazine groups is 1. The Kier molecular flexibility index (Phi) is 4.71. The van der Waals surface area contributed by atoms with Crippen molar-refractivity contribution < 1.29 is 0 Å². The number of hydrogen-bond acceptors (Lipinski definition) is 4. The number of hydrogen-bond donors (Lipinski definition) is 2. The highest BCUT2D eigenvalue weighted by Gasteiger charge is 2.20. The van der Waals surface area contributed by atoms with Gasteiger partial charge in [0.15, 0.2) is 5.43 Å². The first-order valence-electron chi connectivity index (χ1n) is 11.2. The number of H-pyrrole nitrogens is 1. The smallest absolute Gasteiger partial charge is 0.280 e. The second-order valence-corrected chi connectivity index (χ2v) is 8.52. The van der Waals surface area contributed by atoms with E-state index in [0.717, 1.165) is 34.7 Å². The highest BCUT2D eigenvalue weighted by Crippen LogP contribution is 2.27. The molecule has 0 radical (unpaired) electrons. The van der Waals surface area contributed by atoms with Gasteiger partial charge in [0.2, 0.25) is 0 Å². The number of anilines is 1. The molecule has 7 heteroatoms. The summed E-state index contributed by atoms with van der Waals surface area (Å²) in [6.45, 7) is 3.31. The fourth-order valence-corrected chi connectivity index (χ4v) is 4.61. The first-order chi connectivity index (χ1) is 16.6. The van der Waals surface area contributed by atoms with Gasteiger partial charge < -0.3 is 4.57 Å². The molecule has 0 saturated heterocycles. The zero-order valence-electron chi connectivity index (χ0n) is 18.7. The molecular weight excluding hydrogens is 426 g/mol. The zero-order valence-corrected chi connectivity index (χ0v) is 18.7. The van der Waals surface area contributed by atoms with Crippen LogP contribution in [0.2, 0.25) is 0 Å². The maximum Gasteiger partial charge on any atom is 0.280 e. The lowest BCUT2D eigenvalue weighted by Gasteiger charge is -2.18. The SMILES string of the molecule is Cc1ccccc1-n1[nH]c2c3c(=O)cccc-3n(Cc3ccc(N4C=CCN4)cc3)cc2c1=O. The Morgan fingerprint density at radius 3 is 2.53 bits per heavy atom. The summed E-state index contributed by atoms with van der Waals surface area (Å²) in [6, 6.07) is 21.2. The van der Waals surface area contributed by atoms with Crippen LogP contribution in [0.15, 0.2) is 94.8 Å². The van der Waals surface area contributed by atoms with Gasteiger partial charge in [-0.3, -0.25) is 19.7 Å². The van der Waals surface area contributed by atoms with E-state index in [0.29, 0.717) is 23.0 Å². The van der Waals surface area contributed by atoms with Crippen LogP contribution in [0.4, 0.5) is 5.69 Å². The van der Waals surface area contributed by atoms with Crippen LogP contribution in [0, 0.1) is 6.92 Å². The molecule has 3 aliphatic rings. The molecule has 0 fully saturated rings. The van der Waals surface area contributed by atoms with Crippen LogP contribution in [-0.2, 0) is 6.54 Å². The van der Waals surface area contributed by atoms with Gasteiger partial charge in [0, 0.05) is 25.5 Å². The summed E-state index contributed by atoms with van der Waals surface area (Å²) in [4.78, 5) is 26.4. The molecule has 34 heavy (non-hydrogen) atoms. The van der Waals surface area contributed by atoms with Crippen LogP contribution >= 0.6 is 0 Å². The van der Waals surface area contributed by atoms with Gasteiger partial charge in [-0.1, -0.05) is 42.5 Å². The number of rotatable bonds is 4. The monoisotopic (exact) mass is 449 g/mol. The van der Waals surface area contributed by atoms with Crippen LogP contribution in [0.5, 0.6) is 0 Å². The maximum absolute atomic E-state index is 13.4. The molecule has 0 spiro atoms. The highest BCUT2D eigenvalue weighted by atomic mass is 16.1. The van der Waals surface area contributed by atoms with Crippen LogP contribution in [0.25, 0.3) is 27.8 Å². The molecular formula is C27H23N5O2. The van der Waals surface area contributed by atoms with E-state index < -0.39 is 0 Å². The second-order valence-electron chi connectivity index (χ2n) is 8.52. The fourth-order valence-electron chi connectivity index (χ4n) is 4.61. The number of para-hydroxylation sites is 1. The molecule has 2 N–H and O–H groups in total. The van der Waals surface area contributed by atoms with Gasteiger partial charge >= 0.3 is 0 Å². The minimum Gasteiger partial charge on any atom is -0.342 e. The van der Waals surface area contributed by atoms with Crippen LogP contribution in [0.1, 0.15) is 11.1 Å². The normalized spacial score (nSPS) is 13.4. The Bertz CT molecular complexity index is 1640. The van der Waals surface area contributed by atoms with Crippen molar-refractivity contribution in [2.45, 2.75) is 13.5 Å². The lowest BCUT2D eigenvalue weighted by Crippen LogP contribution is -2.28. The van der Waals surface area contributed by atoms with E-state index in [2.05, 4.69) is 40.9 Å².